The lowest BCUT2D eigenvalue weighted by Crippen LogP contribution is -2.40. The molecular weight excluding hydrogens is 414 g/mol. The lowest BCUT2D eigenvalue weighted by atomic mass is 10.1. The smallest absolute Gasteiger partial charge is 0.243 e. The minimum atomic E-state index is -3.77. The summed E-state index contributed by atoms with van der Waals surface area (Å²) >= 11 is 3.08. The summed E-state index contributed by atoms with van der Waals surface area (Å²) in [5, 5.41) is 7.40. The fraction of sp³-hybridized carbons (Fsp3) is 0.263. The Morgan fingerprint density at radius 1 is 1.11 bits per heavy atom. The first-order chi connectivity index (χ1) is 13.1. The molecule has 0 aliphatic heterocycles. The van der Waals surface area contributed by atoms with E-state index in [0.29, 0.717) is 5.69 Å². The van der Waals surface area contributed by atoms with Crippen molar-refractivity contribution < 1.29 is 13.2 Å². The monoisotopic (exact) mass is 435 g/mol. The molecule has 1 amide bonds. The van der Waals surface area contributed by atoms with Gasteiger partial charge in [-0.2, -0.15) is 0 Å². The largest absolute Gasteiger partial charge is 0.325 e. The number of sulfonamides is 1. The second-order valence-electron chi connectivity index (χ2n) is 7.20. The van der Waals surface area contributed by atoms with Crippen molar-refractivity contribution in [1.29, 1.82) is 0 Å². The van der Waals surface area contributed by atoms with Gasteiger partial charge in [-0.1, -0.05) is 18.2 Å². The van der Waals surface area contributed by atoms with Crippen molar-refractivity contribution in [3.05, 3.63) is 52.9 Å². The molecule has 6 nitrogen and oxygen atoms in total. The molecule has 148 valence electrons. The van der Waals surface area contributed by atoms with E-state index in [9.17, 15) is 13.2 Å². The van der Waals surface area contributed by atoms with Crippen LogP contribution in [0.2, 0.25) is 0 Å². The van der Waals surface area contributed by atoms with Crippen molar-refractivity contribution in [1.82, 2.24) is 9.71 Å². The first-order valence-electron chi connectivity index (χ1n) is 8.55. The number of thiazole rings is 1. The van der Waals surface area contributed by atoms with E-state index in [0.717, 1.165) is 9.88 Å². The van der Waals surface area contributed by atoms with Gasteiger partial charge in [-0.15, -0.1) is 22.7 Å². The topological polar surface area (TPSA) is 88.2 Å². The summed E-state index contributed by atoms with van der Waals surface area (Å²) in [5.41, 5.74) is 0.270. The predicted octanol–water partition coefficient (Wildman–Crippen LogP) is 4.13. The van der Waals surface area contributed by atoms with Crippen LogP contribution in [-0.4, -0.2) is 24.8 Å². The molecule has 0 radical (unpaired) electrons. The first kappa shape index (κ1) is 20.7. The second kappa shape index (κ2) is 8.12. The average Bonchev–Trinajstić information content (AvgIpc) is 3.24. The Morgan fingerprint density at radius 2 is 1.86 bits per heavy atom. The van der Waals surface area contributed by atoms with Crippen molar-refractivity contribution >= 4 is 44.3 Å². The molecule has 9 heteroatoms. The van der Waals surface area contributed by atoms with Crippen molar-refractivity contribution in [3.8, 4) is 9.88 Å². The lowest BCUT2D eigenvalue weighted by Gasteiger charge is -2.21. The molecule has 1 aromatic carbocycles. The van der Waals surface area contributed by atoms with Crippen molar-refractivity contribution in [2.24, 2.45) is 0 Å². The Labute approximate surface area is 172 Å². The van der Waals surface area contributed by atoms with Crippen molar-refractivity contribution in [2.75, 3.05) is 5.32 Å². The number of anilines is 1. The molecule has 2 aromatic heterocycles. The molecule has 0 aliphatic rings. The van der Waals surface area contributed by atoms with Crippen LogP contribution in [-0.2, 0) is 21.2 Å². The number of rotatable bonds is 6. The summed E-state index contributed by atoms with van der Waals surface area (Å²) in [4.78, 5) is 18.1. The van der Waals surface area contributed by atoms with E-state index >= 15 is 0 Å². The number of carbonyl (C=O) groups excluding carboxylic acids is 1. The van der Waals surface area contributed by atoms with E-state index in [-0.39, 0.29) is 22.9 Å². The van der Waals surface area contributed by atoms with Gasteiger partial charge in [0.15, 0.2) is 0 Å². The Kier molecular flexibility index (Phi) is 5.99. The molecule has 3 rings (SSSR count). The molecule has 0 fully saturated rings. The number of nitrogens with one attached hydrogen (secondary N) is 2. The third kappa shape index (κ3) is 5.26. The SMILES string of the molecule is CC(C)(C)NS(=O)(=O)c1ccccc1NC(=O)Cc1csc(-c2cccs2)n1. The van der Waals surface area contributed by atoms with Gasteiger partial charge >= 0.3 is 0 Å². The number of hydrogen-bond donors (Lipinski definition) is 2. The van der Waals surface area contributed by atoms with Gasteiger partial charge in [0.2, 0.25) is 15.9 Å². The summed E-state index contributed by atoms with van der Waals surface area (Å²) in [5.74, 6) is -0.318. The molecule has 28 heavy (non-hydrogen) atoms. The molecule has 0 spiro atoms. The van der Waals surface area contributed by atoms with E-state index in [1.165, 1.54) is 17.4 Å². The van der Waals surface area contributed by atoms with E-state index < -0.39 is 15.6 Å². The maximum atomic E-state index is 12.7. The van der Waals surface area contributed by atoms with Crippen LogP contribution in [0.1, 0.15) is 26.5 Å². The van der Waals surface area contributed by atoms with E-state index in [1.54, 1.807) is 50.3 Å². The fourth-order valence-corrected chi connectivity index (χ4v) is 5.74. The van der Waals surface area contributed by atoms with Gasteiger partial charge in [0, 0.05) is 10.9 Å². The van der Waals surface area contributed by atoms with Crippen LogP contribution >= 0.6 is 22.7 Å². The molecule has 0 aliphatic carbocycles. The third-order valence-corrected chi connectivity index (χ3v) is 7.26. The minimum absolute atomic E-state index is 0.0378. The molecule has 2 N–H and O–H groups in total. The van der Waals surface area contributed by atoms with E-state index in [2.05, 4.69) is 15.0 Å². The van der Waals surface area contributed by atoms with Crippen LogP contribution in [0.5, 0.6) is 0 Å². The van der Waals surface area contributed by atoms with Crippen molar-refractivity contribution in [3.63, 3.8) is 0 Å². The van der Waals surface area contributed by atoms with Gasteiger partial charge in [0.25, 0.3) is 0 Å². The quantitative estimate of drug-likeness (QED) is 0.609. The maximum absolute atomic E-state index is 12.7. The summed E-state index contributed by atoms with van der Waals surface area (Å²) in [6.45, 7) is 5.29. The summed E-state index contributed by atoms with van der Waals surface area (Å²) in [6, 6.07) is 10.3. The first-order valence-corrected chi connectivity index (χ1v) is 11.8. The van der Waals surface area contributed by atoms with E-state index in [1.807, 2.05) is 22.9 Å². The van der Waals surface area contributed by atoms with Crippen LogP contribution in [0.3, 0.4) is 0 Å². The van der Waals surface area contributed by atoms with Crippen LogP contribution in [0, 0.1) is 0 Å². The van der Waals surface area contributed by atoms with Crippen LogP contribution in [0.4, 0.5) is 5.69 Å². The van der Waals surface area contributed by atoms with Gasteiger partial charge in [0.05, 0.1) is 22.7 Å². The average molecular weight is 436 g/mol. The zero-order chi connectivity index (χ0) is 20.4. The zero-order valence-electron chi connectivity index (χ0n) is 15.7. The minimum Gasteiger partial charge on any atom is -0.325 e. The summed E-state index contributed by atoms with van der Waals surface area (Å²) in [7, 11) is -3.77. The lowest BCUT2D eigenvalue weighted by molar-refractivity contribution is -0.115. The van der Waals surface area contributed by atoms with Crippen LogP contribution < -0.4 is 10.0 Å². The molecule has 0 unspecified atom stereocenters. The normalized spacial score (nSPS) is 12.1. The Bertz CT molecular complexity index is 1070. The number of thiophene rings is 1. The van der Waals surface area contributed by atoms with Crippen molar-refractivity contribution in [2.45, 2.75) is 37.6 Å². The number of aromatic nitrogens is 1. The highest BCUT2D eigenvalue weighted by molar-refractivity contribution is 7.89. The number of nitrogens with zero attached hydrogens (tertiary/aromatic N) is 1. The standard InChI is InChI=1S/C19H21N3O3S3/c1-19(2,3)22-28(24,25)16-9-5-4-7-14(16)21-17(23)11-13-12-27-18(20-13)15-8-6-10-26-15/h4-10,12,22H,11H2,1-3H3,(H,21,23). The molecule has 0 saturated carbocycles. The molecular formula is C19H21N3O3S3. The van der Waals surface area contributed by atoms with Gasteiger partial charge in [0.1, 0.15) is 9.90 Å². The molecule has 2 heterocycles. The Morgan fingerprint density at radius 3 is 2.54 bits per heavy atom. The third-order valence-electron chi connectivity index (χ3n) is 3.52. The Hall–Kier alpha value is -2.07. The second-order valence-corrected chi connectivity index (χ2v) is 10.7. The number of benzene rings is 1. The highest BCUT2D eigenvalue weighted by atomic mass is 32.2. The van der Waals surface area contributed by atoms with Gasteiger partial charge in [-0.05, 0) is 44.4 Å². The van der Waals surface area contributed by atoms with E-state index in [4.69, 9.17) is 0 Å². The van der Waals surface area contributed by atoms with Gasteiger partial charge in [-0.25, -0.2) is 18.1 Å². The van der Waals surface area contributed by atoms with Gasteiger partial charge < -0.3 is 5.32 Å². The predicted molar refractivity (Wildman–Crippen MR) is 114 cm³/mol. The molecule has 3 aromatic rings. The number of para-hydroxylation sites is 1. The fourth-order valence-electron chi connectivity index (χ4n) is 2.52. The number of carbonyl (C=O) groups is 1. The van der Waals surface area contributed by atoms with Crippen LogP contribution in [0.15, 0.2) is 52.1 Å². The molecule has 0 saturated heterocycles. The summed E-state index contributed by atoms with van der Waals surface area (Å²) < 4.78 is 27.9. The summed E-state index contributed by atoms with van der Waals surface area (Å²) in [6.07, 6.45) is 0.0724. The highest BCUT2D eigenvalue weighted by Gasteiger charge is 2.25. The van der Waals surface area contributed by atoms with Crippen LogP contribution in [0.25, 0.3) is 9.88 Å². The number of hydrogen-bond acceptors (Lipinski definition) is 6. The molecule has 0 bridgehead atoms. The highest BCUT2D eigenvalue weighted by Crippen LogP contribution is 2.28. The number of amides is 1. The molecule has 0 atom stereocenters. The van der Waals surface area contributed by atoms with Gasteiger partial charge in [-0.3, -0.25) is 4.79 Å². The maximum Gasteiger partial charge on any atom is 0.243 e. The Balaban J connectivity index is 1.75. The zero-order valence-corrected chi connectivity index (χ0v) is 18.2.